The molecule has 0 saturated heterocycles. The van der Waals surface area contributed by atoms with Gasteiger partial charge in [-0.1, -0.05) is 42.5 Å². The molecule has 0 aliphatic carbocycles. The summed E-state index contributed by atoms with van der Waals surface area (Å²) in [6.07, 6.45) is -0.826. The first-order valence-electron chi connectivity index (χ1n) is 5.85. The predicted octanol–water partition coefficient (Wildman–Crippen LogP) is 2.29. The van der Waals surface area contributed by atoms with Crippen LogP contribution in [0.25, 0.3) is 0 Å². The normalized spacial score (nSPS) is 12.1. The second kappa shape index (κ2) is 6.19. The van der Waals surface area contributed by atoms with Crippen LogP contribution in [-0.4, -0.2) is 16.8 Å². The molecule has 0 bridgehead atoms. The van der Waals surface area contributed by atoms with Gasteiger partial charge in [0.1, 0.15) is 18.5 Å². The molecular formula is C15H16O3. The second-order valence-electron chi connectivity index (χ2n) is 4.04. The molecule has 2 N–H and O–H groups in total. The molecule has 0 saturated carbocycles. The topological polar surface area (TPSA) is 49.7 Å². The van der Waals surface area contributed by atoms with Gasteiger partial charge < -0.3 is 14.9 Å². The molecule has 2 aromatic carbocycles. The van der Waals surface area contributed by atoms with E-state index in [1.807, 2.05) is 30.3 Å². The summed E-state index contributed by atoms with van der Waals surface area (Å²) in [6.45, 7) is 0.243. The molecule has 2 aromatic rings. The van der Waals surface area contributed by atoms with Gasteiger partial charge in [0, 0.05) is 0 Å². The van der Waals surface area contributed by atoms with Crippen molar-refractivity contribution >= 4 is 0 Å². The highest BCUT2D eigenvalue weighted by Gasteiger charge is 2.05. The van der Waals surface area contributed by atoms with Crippen LogP contribution in [0.15, 0.2) is 54.6 Å². The number of benzene rings is 2. The maximum atomic E-state index is 9.44. The lowest BCUT2D eigenvalue weighted by Gasteiger charge is -2.09. The van der Waals surface area contributed by atoms with Gasteiger partial charge in [0.25, 0.3) is 0 Å². The first kappa shape index (κ1) is 12.6. The average molecular weight is 244 g/mol. The van der Waals surface area contributed by atoms with E-state index in [2.05, 4.69) is 0 Å². The molecule has 0 fully saturated rings. The first-order valence-corrected chi connectivity index (χ1v) is 5.85. The Bertz CT molecular complexity index is 465. The molecule has 0 aliphatic heterocycles. The fourth-order valence-corrected chi connectivity index (χ4v) is 1.63. The van der Waals surface area contributed by atoms with E-state index in [1.165, 1.54) is 0 Å². The summed E-state index contributed by atoms with van der Waals surface area (Å²) in [4.78, 5) is 0. The van der Waals surface area contributed by atoms with Gasteiger partial charge in [0.2, 0.25) is 0 Å². The summed E-state index contributed by atoms with van der Waals surface area (Å²) >= 11 is 0. The highest BCUT2D eigenvalue weighted by atomic mass is 16.5. The van der Waals surface area contributed by atoms with E-state index in [0.717, 1.165) is 11.3 Å². The lowest BCUT2D eigenvalue weighted by molar-refractivity contribution is 0.0955. The monoisotopic (exact) mass is 244 g/mol. The van der Waals surface area contributed by atoms with Crippen molar-refractivity contribution in [3.05, 3.63) is 65.7 Å². The molecule has 0 spiro atoms. The number of hydrogen-bond acceptors (Lipinski definition) is 3. The molecule has 0 amide bonds. The summed E-state index contributed by atoms with van der Waals surface area (Å²) in [6, 6.07) is 17.0. The third-order valence-electron chi connectivity index (χ3n) is 2.69. The van der Waals surface area contributed by atoms with Gasteiger partial charge in [0.15, 0.2) is 0 Å². The molecule has 3 nitrogen and oxygen atoms in total. The Balaban J connectivity index is 1.94. The zero-order valence-corrected chi connectivity index (χ0v) is 9.99. The minimum absolute atomic E-state index is 0.274. The van der Waals surface area contributed by atoms with Crippen molar-refractivity contribution in [3.8, 4) is 5.75 Å². The molecule has 3 heteroatoms. The SMILES string of the molecule is OCC(O)c1ccc(OCc2ccccc2)cc1. The number of aliphatic hydroxyl groups is 2. The van der Waals surface area contributed by atoms with E-state index < -0.39 is 6.10 Å². The van der Waals surface area contributed by atoms with Gasteiger partial charge in [-0.2, -0.15) is 0 Å². The Kier molecular flexibility index (Phi) is 4.34. The maximum Gasteiger partial charge on any atom is 0.119 e. The highest BCUT2D eigenvalue weighted by Crippen LogP contribution is 2.18. The van der Waals surface area contributed by atoms with Gasteiger partial charge in [-0.05, 0) is 23.3 Å². The van der Waals surface area contributed by atoms with E-state index >= 15 is 0 Å². The van der Waals surface area contributed by atoms with Crippen LogP contribution >= 0.6 is 0 Å². The number of ether oxygens (including phenoxy) is 1. The Morgan fingerprint density at radius 2 is 1.61 bits per heavy atom. The zero-order valence-electron chi connectivity index (χ0n) is 9.99. The Morgan fingerprint density at radius 1 is 0.944 bits per heavy atom. The van der Waals surface area contributed by atoms with Crippen molar-refractivity contribution in [2.75, 3.05) is 6.61 Å². The average Bonchev–Trinajstić information content (AvgIpc) is 2.46. The smallest absolute Gasteiger partial charge is 0.119 e. The molecule has 0 aromatic heterocycles. The van der Waals surface area contributed by atoms with E-state index in [-0.39, 0.29) is 6.61 Å². The molecule has 0 aliphatic rings. The van der Waals surface area contributed by atoms with Crippen molar-refractivity contribution < 1.29 is 14.9 Å². The van der Waals surface area contributed by atoms with Crippen molar-refractivity contribution in [2.45, 2.75) is 12.7 Å². The molecule has 0 heterocycles. The second-order valence-corrected chi connectivity index (χ2v) is 4.04. The van der Waals surface area contributed by atoms with Gasteiger partial charge >= 0.3 is 0 Å². The van der Waals surface area contributed by atoms with Crippen molar-refractivity contribution in [1.29, 1.82) is 0 Å². The number of rotatable bonds is 5. The number of aliphatic hydroxyl groups excluding tert-OH is 2. The zero-order chi connectivity index (χ0) is 12.8. The highest BCUT2D eigenvalue weighted by molar-refractivity contribution is 5.29. The van der Waals surface area contributed by atoms with Crippen LogP contribution in [0.3, 0.4) is 0 Å². The summed E-state index contributed by atoms with van der Waals surface area (Å²) in [7, 11) is 0. The van der Waals surface area contributed by atoms with Crippen molar-refractivity contribution in [2.24, 2.45) is 0 Å². The Morgan fingerprint density at radius 3 is 2.22 bits per heavy atom. The number of hydrogen-bond donors (Lipinski definition) is 2. The maximum absolute atomic E-state index is 9.44. The van der Waals surface area contributed by atoms with Crippen LogP contribution in [-0.2, 0) is 6.61 Å². The molecule has 0 radical (unpaired) electrons. The summed E-state index contributed by atoms with van der Waals surface area (Å²) in [5.41, 5.74) is 1.79. The molecule has 18 heavy (non-hydrogen) atoms. The molecule has 94 valence electrons. The molecular weight excluding hydrogens is 228 g/mol. The van der Waals surface area contributed by atoms with E-state index in [9.17, 15) is 5.11 Å². The summed E-state index contributed by atoms with van der Waals surface area (Å²) < 4.78 is 5.62. The predicted molar refractivity (Wildman–Crippen MR) is 69.3 cm³/mol. The minimum atomic E-state index is -0.826. The van der Waals surface area contributed by atoms with Gasteiger partial charge in [0.05, 0.1) is 6.61 Å². The lowest BCUT2D eigenvalue weighted by atomic mass is 10.1. The van der Waals surface area contributed by atoms with Crippen LogP contribution in [0.5, 0.6) is 5.75 Å². The van der Waals surface area contributed by atoms with Crippen LogP contribution in [0, 0.1) is 0 Å². The standard InChI is InChI=1S/C15H16O3/c16-10-15(17)13-6-8-14(9-7-13)18-11-12-4-2-1-3-5-12/h1-9,15-17H,10-11H2. The third kappa shape index (κ3) is 3.32. The van der Waals surface area contributed by atoms with E-state index in [4.69, 9.17) is 9.84 Å². The molecule has 1 atom stereocenters. The van der Waals surface area contributed by atoms with E-state index in [0.29, 0.717) is 12.2 Å². The molecule has 1 unspecified atom stereocenters. The quantitative estimate of drug-likeness (QED) is 0.848. The first-order chi connectivity index (χ1) is 8.79. The van der Waals surface area contributed by atoms with Crippen LogP contribution < -0.4 is 4.74 Å². The van der Waals surface area contributed by atoms with Crippen LogP contribution in [0.1, 0.15) is 17.2 Å². The third-order valence-corrected chi connectivity index (χ3v) is 2.69. The molecule has 2 rings (SSSR count). The van der Waals surface area contributed by atoms with Crippen LogP contribution in [0.2, 0.25) is 0 Å². The van der Waals surface area contributed by atoms with Gasteiger partial charge in [-0.25, -0.2) is 0 Å². The Labute approximate surface area is 106 Å². The van der Waals surface area contributed by atoms with Gasteiger partial charge in [-0.15, -0.1) is 0 Å². The van der Waals surface area contributed by atoms with Gasteiger partial charge in [-0.3, -0.25) is 0 Å². The van der Waals surface area contributed by atoms with E-state index in [1.54, 1.807) is 24.3 Å². The lowest BCUT2D eigenvalue weighted by Crippen LogP contribution is -2.02. The summed E-state index contributed by atoms with van der Waals surface area (Å²) in [5.74, 6) is 0.743. The fraction of sp³-hybridized carbons (Fsp3) is 0.200. The minimum Gasteiger partial charge on any atom is -0.489 e. The van der Waals surface area contributed by atoms with Crippen molar-refractivity contribution in [3.63, 3.8) is 0 Å². The van der Waals surface area contributed by atoms with Crippen LogP contribution in [0.4, 0.5) is 0 Å². The fourth-order valence-electron chi connectivity index (χ4n) is 1.63. The van der Waals surface area contributed by atoms with Crippen molar-refractivity contribution in [1.82, 2.24) is 0 Å². The largest absolute Gasteiger partial charge is 0.489 e. The summed E-state index contributed by atoms with van der Waals surface area (Å²) in [5, 5.41) is 18.3. The Hall–Kier alpha value is -1.84.